The van der Waals surface area contributed by atoms with Crippen molar-refractivity contribution in [1.29, 1.82) is 0 Å². The third-order valence-electron chi connectivity index (χ3n) is 4.44. The minimum Gasteiger partial charge on any atom is -0.486 e. The van der Waals surface area contributed by atoms with Gasteiger partial charge in [-0.25, -0.2) is 0 Å². The van der Waals surface area contributed by atoms with E-state index in [2.05, 4.69) is 22.9 Å². The molecule has 0 amide bonds. The molecule has 0 bridgehead atoms. The quantitative estimate of drug-likeness (QED) is 0.854. The minimum absolute atomic E-state index is 0.229. The average Bonchev–Trinajstić information content (AvgIpc) is 2.45. The summed E-state index contributed by atoms with van der Waals surface area (Å²) < 4.78 is 6.79. The van der Waals surface area contributed by atoms with E-state index in [-0.39, 0.29) is 5.78 Å². The van der Waals surface area contributed by atoms with Crippen LogP contribution in [0.4, 0.5) is 0 Å². The van der Waals surface area contributed by atoms with E-state index < -0.39 is 5.54 Å². The van der Waals surface area contributed by atoms with Crippen LogP contribution < -0.4 is 9.64 Å². The Morgan fingerprint density at radius 3 is 2.74 bits per heavy atom. The predicted octanol–water partition coefficient (Wildman–Crippen LogP) is 1.85. The summed E-state index contributed by atoms with van der Waals surface area (Å²) in [5.74, 6) is 0.953. The van der Waals surface area contributed by atoms with Crippen LogP contribution >= 0.6 is 15.9 Å². The first-order valence-electron chi connectivity index (χ1n) is 6.93. The second kappa shape index (κ2) is 4.91. The van der Waals surface area contributed by atoms with Crippen LogP contribution in [-0.4, -0.2) is 31.0 Å². The highest BCUT2D eigenvalue weighted by atomic mass is 79.9. The number of hydrogen-bond donors (Lipinski definition) is 1. The molecule has 0 saturated carbocycles. The Kier molecular flexibility index (Phi) is 3.39. The Morgan fingerprint density at radius 1 is 1.26 bits per heavy atom. The van der Waals surface area contributed by atoms with E-state index in [1.165, 1.54) is 24.2 Å². The highest BCUT2D eigenvalue weighted by molar-refractivity contribution is 9.10. The number of piperidine rings is 1. The fraction of sp³-hybridized carbons (Fsp3) is 0.533. The Balaban J connectivity index is 1.95. The monoisotopic (exact) mass is 324 g/mol. The number of fused-ring (bicyclic) bond motifs is 1. The molecule has 1 aromatic rings. The molecule has 2 aliphatic rings. The largest absolute Gasteiger partial charge is 0.486 e. The summed E-state index contributed by atoms with van der Waals surface area (Å²) in [5.41, 5.74) is 0.301. The van der Waals surface area contributed by atoms with Gasteiger partial charge in [-0.1, -0.05) is 15.9 Å². The maximum absolute atomic E-state index is 12.9. The van der Waals surface area contributed by atoms with Gasteiger partial charge in [0.15, 0.2) is 12.1 Å². The van der Waals surface area contributed by atoms with Crippen molar-refractivity contribution >= 4 is 21.7 Å². The number of rotatable bonds is 1. The van der Waals surface area contributed by atoms with Crippen molar-refractivity contribution in [2.24, 2.45) is 0 Å². The number of Topliss-reactive ketones (excluding diaryl/α,β-unsaturated/α-hetero) is 1. The molecule has 0 radical (unpaired) electrons. The molecule has 1 atom stereocenters. The number of nitrogens with one attached hydrogen (secondary N) is 1. The molecule has 4 heteroatoms. The van der Waals surface area contributed by atoms with Gasteiger partial charge in [-0.15, -0.1) is 0 Å². The van der Waals surface area contributed by atoms with Gasteiger partial charge in [-0.05, 0) is 37.5 Å². The lowest BCUT2D eigenvalue weighted by molar-refractivity contribution is -0.944. The molecule has 0 aliphatic carbocycles. The third-order valence-corrected chi connectivity index (χ3v) is 4.93. The van der Waals surface area contributed by atoms with Gasteiger partial charge in [0, 0.05) is 11.4 Å². The molecule has 1 fully saturated rings. The average molecular weight is 325 g/mol. The van der Waals surface area contributed by atoms with E-state index in [1.807, 2.05) is 18.2 Å². The standard InChI is InChI=1S/C15H18BrNO2/c1-15(17-7-3-2-4-8-17)10-19-13-6-5-11(16)9-12(13)14(15)18/h5-6,9H,2-4,7-8,10H2,1H3/p+1. The number of hydrogen-bond acceptors (Lipinski definition) is 2. The highest BCUT2D eigenvalue weighted by Crippen LogP contribution is 2.30. The van der Waals surface area contributed by atoms with E-state index in [0.717, 1.165) is 28.9 Å². The first-order chi connectivity index (χ1) is 9.11. The maximum Gasteiger partial charge on any atom is 0.230 e. The summed E-state index contributed by atoms with van der Waals surface area (Å²) in [7, 11) is 0. The summed E-state index contributed by atoms with van der Waals surface area (Å²) in [4.78, 5) is 14.3. The fourth-order valence-electron chi connectivity index (χ4n) is 3.18. The first-order valence-corrected chi connectivity index (χ1v) is 7.73. The van der Waals surface area contributed by atoms with Crippen LogP contribution in [0.3, 0.4) is 0 Å². The number of ether oxygens (including phenoxy) is 1. The van der Waals surface area contributed by atoms with Crippen LogP contribution in [0.25, 0.3) is 0 Å². The topological polar surface area (TPSA) is 30.7 Å². The van der Waals surface area contributed by atoms with Crippen LogP contribution in [0, 0.1) is 0 Å². The van der Waals surface area contributed by atoms with Crippen molar-refractivity contribution in [3.63, 3.8) is 0 Å². The normalized spacial score (nSPS) is 27.8. The molecule has 0 spiro atoms. The van der Waals surface area contributed by atoms with E-state index in [4.69, 9.17) is 4.74 Å². The third kappa shape index (κ3) is 2.21. The maximum atomic E-state index is 12.9. The van der Waals surface area contributed by atoms with Gasteiger partial charge in [0.2, 0.25) is 5.78 Å². The van der Waals surface area contributed by atoms with Crippen molar-refractivity contribution in [3.8, 4) is 5.75 Å². The SMILES string of the molecule is CC1([NH+]2CCCCC2)COc2ccc(Br)cc2C1=O. The van der Waals surface area contributed by atoms with Gasteiger partial charge in [-0.3, -0.25) is 4.79 Å². The smallest absolute Gasteiger partial charge is 0.230 e. The van der Waals surface area contributed by atoms with Crippen LogP contribution in [0.1, 0.15) is 36.5 Å². The number of carbonyl (C=O) groups excluding carboxylic acids is 1. The minimum atomic E-state index is -0.422. The van der Waals surface area contributed by atoms with Crippen LogP contribution in [-0.2, 0) is 0 Å². The van der Waals surface area contributed by atoms with E-state index >= 15 is 0 Å². The summed E-state index contributed by atoms with van der Waals surface area (Å²) >= 11 is 3.44. The molecule has 2 aliphatic heterocycles. The zero-order valence-electron chi connectivity index (χ0n) is 11.2. The van der Waals surface area contributed by atoms with Gasteiger partial charge < -0.3 is 9.64 Å². The highest BCUT2D eigenvalue weighted by Gasteiger charge is 2.48. The number of quaternary nitrogens is 1. The number of carbonyl (C=O) groups is 1. The summed E-state index contributed by atoms with van der Waals surface area (Å²) in [5, 5.41) is 0. The molecule has 102 valence electrons. The molecular formula is C15H19BrNO2+. The molecular weight excluding hydrogens is 306 g/mol. The molecule has 3 nitrogen and oxygen atoms in total. The fourth-order valence-corrected chi connectivity index (χ4v) is 3.54. The molecule has 2 heterocycles. The first kappa shape index (κ1) is 13.1. The lowest BCUT2D eigenvalue weighted by Gasteiger charge is -2.41. The summed E-state index contributed by atoms with van der Waals surface area (Å²) in [6.07, 6.45) is 3.71. The number of benzene rings is 1. The Bertz CT molecular complexity index is 511. The Labute approximate surface area is 122 Å². The summed E-state index contributed by atoms with van der Waals surface area (Å²) in [6.45, 7) is 4.71. The van der Waals surface area contributed by atoms with Crippen molar-refractivity contribution in [3.05, 3.63) is 28.2 Å². The van der Waals surface area contributed by atoms with Crippen LogP contribution in [0.5, 0.6) is 5.75 Å². The molecule has 3 rings (SSSR count). The second-order valence-electron chi connectivity index (χ2n) is 5.75. The van der Waals surface area contributed by atoms with E-state index in [0.29, 0.717) is 6.61 Å². The van der Waals surface area contributed by atoms with Crippen molar-refractivity contribution in [2.45, 2.75) is 31.7 Å². The van der Waals surface area contributed by atoms with Crippen molar-refractivity contribution in [2.75, 3.05) is 19.7 Å². The number of halogens is 1. The van der Waals surface area contributed by atoms with Gasteiger partial charge in [0.25, 0.3) is 0 Å². The Hall–Kier alpha value is -0.870. The van der Waals surface area contributed by atoms with Crippen LogP contribution in [0.2, 0.25) is 0 Å². The van der Waals surface area contributed by atoms with Crippen molar-refractivity contribution < 1.29 is 14.4 Å². The lowest BCUT2D eigenvalue weighted by Crippen LogP contribution is -3.22. The molecule has 1 aromatic carbocycles. The molecule has 1 saturated heterocycles. The number of likely N-dealkylation sites (tertiary alicyclic amines) is 1. The lowest BCUT2D eigenvalue weighted by atomic mass is 9.86. The van der Waals surface area contributed by atoms with Gasteiger partial charge in [0.05, 0.1) is 18.7 Å². The van der Waals surface area contributed by atoms with E-state index in [9.17, 15) is 4.79 Å². The zero-order valence-corrected chi connectivity index (χ0v) is 12.8. The van der Waals surface area contributed by atoms with Crippen molar-refractivity contribution in [1.82, 2.24) is 0 Å². The van der Waals surface area contributed by atoms with Gasteiger partial charge >= 0.3 is 0 Å². The second-order valence-corrected chi connectivity index (χ2v) is 6.67. The van der Waals surface area contributed by atoms with Gasteiger partial charge in [0.1, 0.15) is 5.75 Å². The predicted molar refractivity (Wildman–Crippen MR) is 76.9 cm³/mol. The van der Waals surface area contributed by atoms with Gasteiger partial charge in [-0.2, -0.15) is 0 Å². The number of ketones is 1. The summed E-state index contributed by atoms with van der Waals surface area (Å²) in [6, 6.07) is 5.68. The molecule has 0 aromatic heterocycles. The Morgan fingerprint density at radius 2 is 2.00 bits per heavy atom. The van der Waals surface area contributed by atoms with Crippen LogP contribution in [0.15, 0.2) is 22.7 Å². The zero-order chi connectivity index (χ0) is 13.5. The molecule has 1 N–H and O–H groups in total. The molecule has 19 heavy (non-hydrogen) atoms. The van der Waals surface area contributed by atoms with E-state index in [1.54, 1.807) is 0 Å². The molecule has 1 unspecified atom stereocenters.